The van der Waals surface area contributed by atoms with Crippen LogP contribution in [0.25, 0.3) is 0 Å². The third-order valence-corrected chi connectivity index (χ3v) is 6.09. The SMILES string of the molecule is Cc1cc(SCC(=O)NC2(CO)CCCC2)c(C)cc1Br. The maximum atomic E-state index is 12.1. The van der Waals surface area contributed by atoms with E-state index < -0.39 is 0 Å². The summed E-state index contributed by atoms with van der Waals surface area (Å²) in [6.07, 6.45) is 3.94. The molecule has 21 heavy (non-hydrogen) atoms. The number of aliphatic hydroxyl groups excluding tert-OH is 1. The van der Waals surface area contributed by atoms with Gasteiger partial charge in [-0.3, -0.25) is 4.79 Å². The van der Waals surface area contributed by atoms with Gasteiger partial charge >= 0.3 is 0 Å². The van der Waals surface area contributed by atoms with Crippen LogP contribution in [0.2, 0.25) is 0 Å². The zero-order valence-electron chi connectivity index (χ0n) is 12.5. The summed E-state index contributed by atoms with van der Waals surface area (Å²) < 4.78 is 1.10. The Morgan fingerprint density at radius 1 is 1.33 bits per heavy atom. The minimum absolute atomic E-state index is 0.0101. The summed E-state index contributed by atoms with van der Waals surface area (Å²) in [7, 11) is 0. The molecule has 1 amide bonds. The molecular formula is C16H22BrNO2S. The van der Waals surface area contributed by atoms with Gasteiger partial charge < -0.3 is 10.4 Å². The first-order valence-corrected chi connectivity index (χ1v) is 9.05. The van der Waals surface area contributed by atoms with E-state index in [9.17, 15) is 9.90 Å². The van der Waals surface area contributed by atoms with Crippen LogP contribution in [-0.4, -0.2) is 28.9 Å². The van der Waals surface area contributed by atoms with E-state index in [-0.39, 0.29) is 18.1 Å². The highest BCUT2D eigenvalue weighted by atomic mass is 79.9. The lowest BCUT2D eigenvalue weighted by atomic mass is 9.99. The molecule has 3 nitrogen and oxygen atoms in total. The standard InChI is InChI=1S/C16H22BrNO2S/c1-11-8-14(12(2)7-13(11)17)21-9-15(20)18-16(10-19)5-3-4-6-16/h7-8,19H,3-6,9-10H2,1-2H3,(H,18,20). The Balaban J connectivity index is 1.94. The fraction of sp³-hybridized carbons (Fsp3) is 0.562. The maximum Gasteiger partial charge on any atom is 0.230 e. The number of halogens is 1. The molecule has 5 heteroatoms. The van der Waals surface area contributed by atoms with Crippen molar-refractivity contribution in [3.63, 3.8) is 0 Å². The molecule has 0 aliphatic heterocycles. The molecule has 1 fully saturated rings. The van der Waals surface area contributed by atoms with E-state index in [0.29, 0.717) is 5.75 Å². The van der Waals surface area contributed by atoms with Crippen molar-refractivity contribution in [2.24, 2.45) is 0 Å². The second-order valence-electron chi connectivity index (χ2n) is 5.85. The smallest absolute Gasteiger partial charge is 0.230 e. The average molecular weight is 372 g/mol. The van der Waals surface area contributed by atoms with Gasteiger partial charge in [0, 0.05) is 9.37 Å². The molecule has 0 radical (unpaired) electrons. The third kappa shape index (κ3) is 4.24. The molecule has 0 saturated heterocycles. The number of thioether (sulfide) groups is 1. The first kappa shape index (κ1) is 16.8. The normalized spacial score (nSPS) is 17.0. The molecule has 1 aliphatic rings. The second-order valence-corrected chi connectivity index (χ2v) is 7.72. The molecule has 2 rings (SSSR count). The third-order valence-electron chi connectivity index (χ3n) is 4.08. The Morgan fingerprint density at radius 2 is 2.00 bits per heavy atom. The van der Waals surface area contributed by atoms with Crippen molar-refractivity contribution in [3.8, 4) is 0 Å². The fourth-order valence-corrected chi connectivity index (χ4v) is 4.12. The van der Waals surface area contributed by atoms with Crippen LogP contribution in [0, 0.1) is 13.8 Å². The topological polar surface area (TPSA) is 49.3 Å². The van der Waals surface area contributed by atoms with Crippen LogP contribution in [0.3, 0.4) is 0 Å². The molecule has 0 bridgehead atoms. The van der Waals surface area contributed by atoms with Gasteiger partial charge in [0.05, 0.1) is 17.9 Å². The predicted octanol–water partition coefficient (Wildman–Crippen LogP) is 3.58. The van der Waals surface area contributed by atoms with Crippen LogP contribution < -0.4 is 5.32 Å². The van der Waals surface area contributed by atoms with E-state index in [1.807, 2.05) is 6.92 Å². The fourth-order valence-electron chi connectivity index (χ4n) is 2.76. The van der Waals surface area contributed by atoms with E-state index in [0.717, 1.165) is 35.1 Å². The summed E-state index contributed by atoms with van der Waals surface area (Å²) in [6, 6.07) is 4.19. The van der Waals surface area contributed by atoms with E-state index in [2.05, 4.69) is 40.3 Å². The number of rotatable bonds is 5. The van der Waals surface area contributed by atoms with Crippen molar-refractivity contribution in [3.05, 3.63) is 27.7 Å². The highest BCUT2D eigenvalue weighted by molar-refractivity contribution is 9.10. The number of hydrogen-bond donors (Lipinski definition) is 2. The first-order chi connectivity index (χ1) is 9.96. The second kappa shape index (κ2) is 7.16. The number of carbonyl (C=O) groups is 1. The number of carbonyl (C=O) groups excluding carboxylic acids is 1. The largest absolute Gasteiger partial charge is 0.394 e. The monoisotopic (exact) mass is 371 g/mol. The molecule has 1 saturated carbocycles. The average Bonchev–Trinajstić information content (AvgIpc) is 2.90. The summed E-state index contributed by atoms with van der Waals surface area (Å²) in [5, 5.41) is 12.6. The number of aliphatic hydroxyl groups is 1. The quantitative estimate of drug-likeness (QED) is 0.777. The number of amides is 1. The molecular weight excluding hydrogens is 350 g/mol. The summed E-state index contributed by atoms with van der Waals surface area (Å²) in [4.78, 5) is 13.3. The van der Waals surface area contributed by atoms with E-state index in [4.69, 9.17) is 0 Å². The minimum atomic E-state index is -0.373. The predicted molar refractivity (Wildman–Crippen MR) is 90.8 cm³/mol. The van der Waals surface area contributed by atoms with Gasteiger partial charge in [0.1, 0.15) is 0 Å². The van der Waals surface area contributed by atoms with Gasteiger partial charge in [0.2, 0.25) is 5.91 Å². The van der Waals surface area contributed by atoms with E-state index in [1.54, 1.807) is 11.8 Å². The molecule has 0 spiro atoms. The highest BCUT2D eigenvalue weighted by Crippen LogP contribution is 2.31. The lowest BCUT2D eigenvalue weighted by Gasteiger charge is -2.27. The number of hydrogen-bond acceptors (Lipinski definition) is 3. The van der Waals surface area contributed by atoms with Crippen molar-refractivity contribution in [2.75, 3.05) is 12.4 Å². The molecule has 0 aromatic heterocycles. The molecule has 1 aromatic carbocycles. The van der Waals surface area contributed by atoms with Crippen molar-refractivity contribution >= 4 is 33.6 Å². The van der Waals surface area contributed by atoms with Crippen LogP contribution >= 0.6 is 27.7 Å². The summed E-state index contributed by atoms with van der Waals surface area (Å²) in [6.45, 7) is 4.14. The van der Waals surface area contributed by atoms with Crippen LogP contribution in [0.1, 0.15) is 36.8 Å². The lowest BCUT2D eigenvalue weighted by molar-refractivity contribution is -0.121. The van der Waals surface area contributed by atoms with Crippen LogP contribution in [-0.2, 0) is 4.79 Å². The number of benzene rings is 1. The van der Waals surface area contributed by atoms with Gasteiger partial charge in [-0.15, -0.1) is 11.8 Å². The van der Waals surface area contributed by atoms with Crippen molar-refractivity contribution in [1.29, 1.82) is 0 Å². The Hall–Kier alpha value is -0.520. The van der Waals surface area contributed by atoms with Crippen molar-refractivity contribution < 1.29 is 9.90 Å². The molecule has 0 atom stereocenters. The zero-order chi connectivity index (χ0) is 15.5. The minimum Gasteiger partial charge on any atom is -0.394 e. The van der Waals surface area contributed by atoms with Crippen molar-refractivity contribution in [1.82, 2.24) is 5.32 Å². The van der Waals surface area contributed by atoms with Gasteiger partial charge in [-0.25, -0.2) is 0 Å². The van der Waals surface area contributed by atoms with Crippen molar-refractivity contribution in [2.45, 2.75) is 50.0 Å². The van der Waals surface area contributed by atoms with Crippen LogP contribution in [0.4, 0.5) is 0 Å². The molecule has 0 unspecified atom stereocenters. The maximum absolute atomic E-state index is 12.1. The van der Waals surface area contributed by atoms with Gasteiger partial charge in [0.15, 0.2) is 0 Å². The lowest BCUT2D eigenvalue weighted by Crippen LogP contribution is -2.49. The summed E-state index contributed by atoms with van der Waals surface area (Å²) in [5.41, 5.74) is 1.97. The van der Waals surface area contributed by atoms with Gasteiger partial charge in [0.25, 0.3) is 0 Å². The van der Waals surface area contributed by atoms with E-state index >= 15 is 0 Å². The molecule has 0 heterocycles. The summed E-state index contributed by atoms with van der Waals surface area (Å²) in [5.74, 6) is 0.403. The Bertz CT molecular complexity index is 527. The number of nitrogens with one attached hydrogen (secondary N) is 1. The Morgan fingerprint density at radius 3 is 2.62 bits per heavy atom. The Kier molecular flexibility index (Phi) is 5.74. The van der Waals surface area contributed by atoms with Crippen LogP contribution in [0.15, 0.2) is 21.5 Å². The zero-order valence-corrected chi connectivity index (χ0v) is 14.9. The van der Waals surface area contributed by atoms with E-state index in [1.165, 1.54) is 11.1 Å². The highest BCUT2D eigenvalue weighted by Gasteiger charge is 2.34. The van der Waals surface area contributed by atoms with Crippen LogP contribution in [0.5, 0.6) is 0 Å². The Labute approximate surface area is 139 Å². The number of aryl methyl sites for hydroxylation is 2. The molecule has 116 valence electrons. The molecule has 2 N–H and O–H groups in total. The van der Waals surface area contributed by atoms with Gasteiger partial charge in [-0.05, 0) is 49.9 Å². The first-order valence-electron chi connectivity index (χ1n) is 7.27. The van der Waals surface area contributed by atoms with Gasteiger partial charge in [-0.1, -0.05) is 28.8 Å². The molecule has 1 aliphatic carbocycles. The van der Waals surface area contributed by atoms with Gasteiger partial charge in [-0.2, -0.15) is 0 Å². The molecule has 1 aromatic rings. The summed E-state index contributed by atoms with van der Waals surface area (Å²) >= 11 is 5.07.